The predicted octanol–water partition coefficient (Wildman–Crippen LogP) is 1.77. The van der Waals surface area contributed by atoms with Gasteiger partial charge in [-0.2, -0.15) is 0 Å². The Morgan fingerprint density at radius 1 is 1.20 bits per heavy atom. The van der Waals surface area contributed by atoms with Crippen LogP contribution in [0.15, 0.2) is 4.99 Å². The van der Waals surface area contributed by atoms with Gasteiger partial charge in [-0.1, -0.05) is 6.92 Å². The molecule has 0 aromatic carbocycles. The van der Waals surface area contributed by atoms with Gasteiger partial charge in [0.1, 0.15) is 0 Å². The molecule has 0 aliphatic rings. The van der Waals surface area contributed by atoms with E-state index >= 15 is 0 Å². The van der Waals surface area contributed by atoms with Gasteiger partial charge in [0, 0.05) is 26.6 Å². The SMILES string of the molecule is CCC(=NC)N(CC)CC. The summed E-state index contributed by atoms with van der Waals surface area (Å²) in [5.41, 5.74) is 0. The Hall–Kier alpha value is -0.530. The van der Waals surface area contributed by atoms with Crippen molar-refractivity contribution in [2.24, 2.45) is 4.99 Å². The zero-order valence-electron chi connectivity index (χ0n) is 7.52. The summed E-state index contributed by atoms with van der Waals surface area (Å²) in [6.45, 7) is 8.59. The third-order valence-corrected chi connectivity index (χ3v) is 1.70. The number of rotatable bonds is 3. The van der Waals surface area contributed by atoms with Crippen LogP contribution in [0.2, 0.25) is 0 Å². The first-order valence-electron chi connectivity index (χ1n) is 4.00. The van der Waals surface area contributed by atoms with E-state index in [4.69, 9.17) is 0 Å². The van der Waals surface area contributed by atoms with Gasteiger partial charge in [-0.05, 0) is 13.8 Å². The van der Waals surface area contributed by atoms with E-state index < -0.39 is 0 Å². The molecule has 0 bridgehead atoms. The molecule has 0 aromatic rings. The van der Waals surface area contributed by atoms with E-state index in [1.165, 1.54) is 5.84 Å². The van der Waals surface area contributed by atoms with Crippen molar-refractivity contribution >= 4 is 5.84 Å². The van der Waals surface area contributed by atoms with Crippen molar-refractivity contribution in [3.05, 3.63) is 0 Å². The summed E-state index contributed by atoms with van der Waals surface area (Å²) in [6, 6.07) is 0. The number of hydrogen-bond donors (Lipinski definition) is 0. The Morgan fingerprint density at radius 3 is 1.80 bits per heavy atom. The fraction of sp³-hybridized carbons (Fsp3) is 0.875. The second-order valence-electron chi connectivity index (χ2n) is 2.17. The number of amidine groups is 1. The van der Waals surface area contributed by atoms with Gasteiger partial charge in [0.2, 0.25) is 0 Å². The molecule has 0 spiro atoms. The Balaban J connectivity index is 3.97. The molecular formula is C8H18N2. The monoisotopic (exact) mass is 142 g/mol. The summed E-state index contributed by atoms with van der Waals surface area (Å²) in [7, 11) is 1.86. The van der Waals surface area contributed by atoms with E-state index in [0.717, 1.165) is 19.5 Å². The van der Waals surface area contributed by atoms with E-state index in [0.29, 0.717) is 0 Å². The molecule has 0 N–H and O–H groups in total. The largest absolute Gasteiger partial charge is 0.361 e. The summed E-state index contributed by atoms with van der Waals surface area (Å²) in [6.07, 6.45) is 1.04. The van der Waals surface area contributed by atoms with E-state index in [9.17, 15) is 0 Å². The molecule has 0 radical (unpaired) electrons. The molecule has 60 valence electrons. The molecule has 2 heteroatoms. The molecule has 0 unspecified atom stereocenters. The number of nitrogens with zero attached hydrogens (tertiary/aromatic N) is 2. The van der Waals surface area contributed by atoms with Gasteiger partial charge in [0.15, 0.2) is 0 Å². The Morgan fingerprint density at radius 2 is 1.70 bits per heavy atom. The molecule has 0 rings (SSSR count). The molecule has 0 aliphatic carbocycles. The van der Waals surface area contributed by atoms with Gasteiger partial charge in [-0.3, -0.25) is 4.99 Å². The second-order valence-corrected chi connectivity index (χ2v) is 2.17. The zero-order chi connectivity index (χ0) is 7.98. The Bertz CT molecular complexity index is 104. The standard InChI is InChI=1S/C8H18N2/c1-5-8(9-4)10(6-2)7-3/h5-7H2,1-4H3. The molecule has 0 saturated heterocycles. The third kappa shape index (κ3) is 2.38. The van der Waals surface area contributed by atoms with Crippen molar-refractivity contribution in [1.82, 2.24) is 4.90 Å². The lowest BCUT2D eigenvalue weighted by molar-refractivity contribution is 0.456. The number of aliphatic imine (C=N–C) groups is 1. The van der Waals surface area contributed by atoms with Crippen LogP contribution >= 0.6 is 0 Å². The van der Waals surface area contributed by atoms with Crippen LogP contribution in [0.1, 0.15) is 27.2 Å². The smallest absolute Gasteiger partial charge is 0.0982 e. The summed E-state index contributed by atoms with van der Waals surface area (Å²) in [5, 5.41) is 0. The average molecular weight is 142 g/mol. The van der Waals surface area contributed by atoms with Crippen molar-refractivity contribution in [2.45, 2.75) is 27.2 Å². The molecule has 2 nitrogen and oxygen atoms in total. The minimum atomic E-state index is 1.04. The van der Waals surface area contributed by atoms with E-state index in [1.54, 1.807) is 0 Å². The molecule has 10 heavy (non-hydrogen) atoms. The van der Waals surface area contributed by atoms with Crippen LogP contribution in [0.25, 0.3) is 0 Å². The lowest BCUT2D eigenvalue weighted by atomic mass is 10.3. The lowest BCUT2D eigenvalue weighted by Gasteiger charge is -2.21. The highest BCUT2D eigenvalue weighted by Crippen LogP contribution is 1.94. The first-order chi connectivity index (χ1) is 4.79. The van der Waals surface area contributed by atoms with Gasteiger partial charge in [0.25, 0.3) is 0 Å². The van der Waals surface area contributed by atoms with Crippen molar-refractivity contribution < 1.29 is 0 Å². The van der Waals surface area contributed by atoms with Gasteiger partial charge >= 0.3 is 0 Å². The predicted molar refractivity (Wildman–Crippen MR) is 46.6 cm³/mol. The van der Waals surface area contributed by atoms with Crippen LogP contribution in [0.3, 0.4) is 0 Å². The average Bonchev–Trinajstić information content (AvgIpc) is 2.00. The Kier molecular flexibility index (Phi) is 4.99. The highest BCUT2D eigenvalue weighted by molar-refractivity contribution is 5.81. The molecule has 0 amide bonds. The first-order valence-corrected chi connectivity index (χ1v) is 4.00. The molecule has 0 heterocycles. The molecule has 0 saturated carbocycles. The van der Waals surface area contributed by atoms with Gasteiger partial charge in [-0.15, -0.1) is 0 Å². The summed E-state index contributed by atoms with van der Waals surface area (Å²) >= 11 is 0. The fourth-order valence-corrected chi connectivity index (χ4v) is 1.11. The highest BCUT2D eigenvalue weighted by Gasteiger charge is 2.01. The van der Waals surface area contributed by atoms with Crippen molar-refractivity contribution in [3.8, 4) is 0 Å². The van der Waals surface area contributed by atoms with Crippen LogP contribution in [0.5, 0.6) is 0 Å². The maximum atomic E-state index is 4.19. The van der Waals surface area contributed by atoms with Gasteiger partial charge in [0.05, 0.1) is 5.84 Å². The maximum Gasteiger partial charge on any atom is 0.0982 e. The molecule has 0 atom stereocenters. The van der Waals surface area contributed by atoms with E-state index in [-0.39, 0.29) is 0 Å². The van der Waals surface area contributed by atoms with Crippen LogP contribution in [-0.4, -0.2) is 30.9 Å². The summed E-state index contributed by atoms with van der Waals surface area (Å²) in [5.74, 6) is 1.21. The first kappa shape index (κ1) is 9.47. The van der Waals surface area contributed by atoms with Gasteiger partial charge in [-0.25, -0.2) is 0 Å². The van der Waals surface area contributed by atoms with Crippen molar-refractivity contribution in [2.75, 3.05) is 20.1 Å². The summed E-state index contributed by atoms with van der Waals surface area (Å²) < 4.78 is 0. The minimum Gasteiger partial charge on any atom is -0.361 e. The third-order valence-electron chi connectivity index (χ3n) is 1.70. The topological polar surface area (TPSA) is 15.6 Å². The second kappa shape index (κ2) is 5.27. The zero-order valence-corrected chi connectivity index (χ0v) is 7.52. The van der Waals surface area contributed by atoms with Crippen LogP contribution in [0, 0.1) is 0 Å². The Labute approximate surface area is 63.9 Å². The lowest BCUT2D eigenvalue weighted by Crippen LogP contribution is -2.29. The number of hydrogen-bond acceptors (Lipinski definition) is 1. The minimum absolute atomic E-state index is 1.04. The fourth-order valence-electron chi connectivity index (χ4n) is 1.11. The highest BCUT2D eigenvalue weighted by atomic mass is 15.2. The van der Waals surface area contributed by atoms with Crippen molar-refractivity contribution in [3.63, 3.8) is 0 Å². The van der Waals surface area contributed by atoms with E-state index in [2.05, 4.69) is 30.7 Å². The van der Waals surface area contributed by atoms with Crippen LogP contribution in [0.4, 0.5) is 0 Å². The van der Waals surface area contributed by atoms with Crippen LogP contribution < -0.4 is 0 Å². The molecule has 0 aliphatic heterocycles. The van der Waals surface area contributed by atoms with E-state index in [1.807, 2.05) is 7.05 Å². The van der Waals surface area contributed by atoms with Crippen molar-refractivity contribution in [1.29, 1.82) is 0 Å². The summed E-state index contributed by atoms with van der Waals surface area (Å²) in [4.78, 5) is 6.47. The molecule has 0 aromatic heterocycles. The molecular weight excluding hydrogens is 124 g/mol. The van der Waals surface area contributed by atoms with Crippen LogP contribution in [-0.2, 0) is 0 Å². The molecule has 0 fully saturated rings. The quantitative estimate of drug-likeness (QED) is 0.433. The normalized spacial score (nSPS) is 11.8. The maximum absolute atomic E-state index is 4.19. The van der Waals surface area contributed by atoms with Gasteiger partial charge < -0.3 is 4.90 Å².